The molecule has 0 spiro atoms. The number of carboxylic acid groups (broad SMARTS) is 1. The molecule has 0 saturated carbocycles. The maximum absolute atomic E-state index is 12.9. The first kappa shape index (κ1) is 22.4. The van der Waals surface area contributed by atoms with Gasteiger partial charge in [-0.1, -0.05) is 0 Å². The van der Waals surface area contributed by atoms with Crippen LogP contribution in [-0.2, 0) is 9.53 Å². The van der Waals surface area contributed by atoms with Gasteiger partial charge in [0.25, 0.3) is 0 Å². The molecule has 4 rings (SSSR count). The molecule has 2 heterocycles. The number of carbonyl (C=O) groups is 1. The van der Waals surface area contributed by atoms with Crippen LogP contribution in [-0.4, -0.2) is 72.4 Å². The van der Waals surface area contributed by atoms with E-state index < -0.39 is 59.4 Å². The normalized spacial score (nSPS) is 25.1. The van der Waals surface area contributed by atoms with Gasteiger partial charge in [-0.3, -0.25) is 4.79 Å². The molecule has 33 heavy (non-hydrogen) atoms. The van der Waals surface area contributed by atoms with Crippen LogP contribution < -0.4 is 10.2 Å². The molecular weight excluding hydrogens is 444 g/mol. The number of carboxylic acids is 1. The highest BCUT2D eigenvalue weighted by atomic mass is 16.7. The van der Waals surface area contributed by atoms with E-state index in [1.54, 1.807) is 0 Å². The quantitative estimate of drug-likeness (QED) is 0.270. The van der Waals surface area contributed by atoms with Crippen molar-refractivity contribution in [3.8, 4) is 34.3 Å². The van der Waals surface area contributed by atoms with Gasteiger partial charge in [0.15, 0.2) is 11.9 Å². The molecule has 5 unspecified atom stereocenters. The zero-order valence-corrected chi connectivity index (χ0v) is 16.5. The number of aromatic hydroxyl groups is 3. The second-order valence-electron chi connectivity index (χ2n) is 7.33. The summed E-state index contributed by atoms with van der Waals surface area (Å²) in [4.78, 5) is 24.2. The number of fused-ring (bicyclic) bond motifs is 1. The molecule has 0 radical (unpaired) electrons. The van der Waals surface area contributed by atoms with E-state index in [0.717, 1.165) is 12.1 Å². The first-order valence-corrected chi connectivity index (χ1v) is 9.49. The summed E-state index contributed by atoms with van der Waals surface area (Å²) in [6.07, 6.45) is -9.67. The SMILES string of the molecule is O=C(O)C1OC(Oc2cc(O)cc3oc(-c4ccc(O)cc4)c(O)c(=O)c23)C(O)C(O)C1O. The van der Waals surface area contributed by atoms with Gasteiger partial charge in [0.05, 0.1) is 0 Å². The molecule has 12 nitrogen and oxygen atoms in total. The number of ether oxygens (including phenoxy) is 2. The minimum absolute atomic E-state index is 0.0623. The predicted molar refractivity (Wildman–Crippen MR) is 108 cm³/mol. The lowest BCUT2D eigenvalue weighted by molar-refractivity contribution is -0.270. The Morgan fingerprint density at radius 1 is 0.909 bits per heavy atom. The van der Waals surface area contributed by atoms with Gasteiger partial charge < -0.3 is 49.6 Å². The molecule has 2 aromatic carbocycles. The fraction of sp³-hybridized carbons (Fsp3) is 0.238. The molecule has 3 aromatic rings. The average molecular weight is 462 g/mol. The third-order valence-electron chi connectivity index (χ3n) is 5.11. The molecule has 0 aliphatic carbocycles. The van der Waals surface area contributed by atoms with E-state index in [1.165, 1.54) is 24.3 Å². The smallest absolute Gasteiger partial charge is 0.335 e. The summed E-state index contributed by atoms with van der Waals surface area (Å²) >= 11 is 0. The van der Waals surface area contributed by atoms with Crippen molar-refractivity contribution in [2.75, 3.05) is 0 Å². The lowest BCUT2D eigenvalue weighted by Gasteiger charge is -2.38. The van der Waals surface area contributed by atoms with Crippen molar-refractivity contribution < 1.29 is 54.4 Å². The Morgan fingerprint density at radius 2 is 1.58 bits per heavy atom. The van der Waals surface area contributed by atoms with E-state index in [4.69, 9.17) is 19.0 Å². The lowest BCUT2D eigenvalue weighted by atomic mass is 9.99. The molecule has 12 heteroatoms. The summed E-state index contributed by atoms with van der Waals surface area (Å²) in [5.74, 6) is -3.70. The minimum atomic E-state index is -1.96. The number of rotatable bonds is 4. The fourth-order valence-electron chi connectivity index (χ4n) is 3.44. The number of phenols is 2. The third-order valence-corrected chi connectivity index (χ3v) is 5.11. The highest BCUT2D eigenvalue weighted by Crippen LogP contribution is 2.37. The van der Waals surface area contributed by atoms with Crippen LogP contribution in [0.3, 0.4) is 0 Å². The summed E-state index contributed by atoms with van der Waals surface area (Å²) in [7, 11) is 0. The van der Waals surface area contributed by atoms with Crippen molar-refractivity contribution >= 4 is 16.9 Å². The Morgan fingerprint density at radius 3 is 2.21 bits per heavy atom. The molecule has 1 aliphatic rings. The summed E-state index contributed by atoms with van der Waals surface area (Å²) in [6.45, 7) is 0. The number of phenolic OH excluding ortho intramolecular Hbond substituents is 2. The first-order valence-electron chi connectivity index (χ1n) is 9.49. The van der Waals surface area contributed by atoms with Gasteiger partial charge in [-0.2, -0.15) is 0 Å². The Kier molecular flexibility index (Phi) is 5.59. The van der Waals surface area contributed by atoms with Crippen molar-refractivity contribution in [2.24, 2.45) is 0 Å². The standard InChI is InChI=1S/C21H18O12/c22-8-3-1-7(2-4-8)18-15(26)13(24)12-10(31-18)5-9(23)6-11(12)32-21-17(28)14(25)16(27)19(33-21)20(29)30/h1-6,14,16-17,19,21-23,25-28H,(H,29,30). The van der Waals surface area contributed by atoms with Crippen LogP contribution in [0.4, 0.5) is 0 Å². The van der Waals surface area contributed by atoms with Gasteiger partial charge in [0, 0.05) is 17.7 Å². The molecular formula is C21H18O12. The van der Waals surface area contributed by atoms with Gasteiger partial charge in [-0.05, 0) is 24.3 Å². The minimum Gasteiger partial charge on any atom is -0.508 e. The van der Waals surface area contributed by atoms with E-state index >= 15 is 0 Å². The Bertz CT molecular complexity index is 1260. The Labute approximate surface area is 183 Å². The third kappa shape index (κ3) is 3.91. The van der Waals surface area contributed by atoms with Crippen LogP contribution in [0.5, 0.6) is 23.0 Å². The molecule has 5 atom stereocenters. The molecule has 1 saturated heterocycles. The number of aliphatic carboxylic acids is 1. The second kappa shape index (κ2) is 8.26. The van der Waals surface area contributed by atoms with Gasteiger partial charge in [-0.15, -0.1) is 0 Å². The fourth-order valence-corrected chi connectivity index (χ4v) is 3.44. The Balaban J connectivity index is 1.80. The number of hydrogen-bond acceptors (Lipinski definition) is 11. The predicted octanol–water partition coefficient (Wildman–Crippen LogP) is -0.152. The van der Waals surface area contributed by atoms with Crippen LogP contribution in [0.2, 0.25) is 0 Å². The first-order chi connectivity index (χ1) is 15.6. The van der Waals surface area contributed by atoms with Gasteiger partial charge in [0.2, 0.25) is 17.5 Å². The topological polar surface area (TPSA) is 207 Å². The van der Waals surface area contributed by atoms with Crippen LogP contribution in [0.25, 0.3) is 22.3 Å². The summed E-state index contributed by atoms with van der Waals surface area (Å²) in [5.41, 5.74) is -0.992. The number of aliphatic hydroxyl groups is 3. The molecule has 1 fully saturated rings. The molecule has 0 amide bonds. The molecule has 174 valence electrons. The van der Waals surface area contributed by atoms with Crippen LogP contribution in [0, 0.1) is 0 Å². The Hall–Kier alpha value is -3.84. The van der Waals surface area contributed by atoms with Crippen molar-refractivity contribution in [3.63, 3.8) is 0 Å². The number of hydrogen-bond donors (Lipinski definition) is 7. The monoisotopic (exact) mass is 462 g/mol. The van der Waals surface area contributed by atoms with Crippen molar-refractivity contribution in [2.45, 2.75) is 30.7 Å². The van der Waals surface area contributed by atoms with Crippen LogP contribution in [0.15, 0.2) is 45.6 Å². The summed E-state index contributed by atoms with van der Waals surface area (Å²) in [6, 6.07) is 7.35. The van der Waals surface area contributed by atoms with E-state index in [0.29, 0.717) is 0 Å². The number of aliphatic hydroxyl groups excluding tert-OH is 3. The maximum Gasteiger partial charge on any atom is 0.335 e. The maximum atomic E-state index is 12.9. The van der Waals surface area contributed by atoms with Crippen molar-refractivity contribution in [3.05, 3.63) is 46.6 Å². The van der Waals surface area contributed by atoms with Crippen LogP contribution >= 0.6 is 0 Å². The zero-order valence-electron chi connectivity index (χ0n) is 16.5. The van der Waals surface area contributed by atoms with Gasteiger partial charge in [0.1, 0.15) is 46.5 Å². The van der Waals surface area contributed by atoms with E-state index in [1.807, 2.05) is 0 Å². The summed E-state index contributed by atoms with van der Waals surface area (Å²) in [5, 5.41) is 68.6. The van der Waals surface area contributed by atoms with E-state index in [9.17, 15) is 40.2 Å². The van der Waals surface area contributed by atoms with E-state index in [-0.39, 0.29) is 28.0 Å². The van der Waals surface area contributed by atoms with Crippen molar-refractivity contribution in [1.29, 1.82) is 0 Å². The zero-order chi connectivity index (χ0) is 24.0. The lowest BCUT2D eigenvalue weighted by Crippen LogP contribution is -2.61. The molecule has 1 aliphatic heterocycles. The number of benzene rings is 2. The second-order valence-corrected chi connectivity index (χ2v) is 7.33. The largest absolute Gasteiger partial charge is 0.508 e. The van der Waals surface area contributed by atoms with E-state index in [2.05, 4.69) is 0 Å². The highest BCUT2D eigenvalue weighted by Gasteiger charge is 2.48. The average Bonchev–Trinajstić information content (AvgIpc) is 2.76. The summed E-state index contributed by atoms with van der Waals surface area (Å²) < 4.78 is 16.0. The molecule has 1 aromatic heterocycles. The molecule has 7 N–H and O–H groups in total. The van der Waals surface area contributed by atoms with Crippen molar-refractivity contribution in [1.82, 2.24) is 0 Å². The van der Waals surface area contributed by atoms with Gasteiger partial charge in [-0.25, -0.2) is 4.79 Å². The molecule has 0 bridgehead atoms. The van der Waals surface area contributed by atoms with Gasteiger partial charge >= 0.3 is 5.97 Å². The van der Waals surface area contributed by atoms with Crippen LogP contribution in [0.1, 0.15) is 0 Å². The highest BCUT2D eigenvalue weighted by molar-refractivity contribution is 5.88.